The predicted molar refractivity (Wildman–Crippen MR) is 60.3 cm³/mol. The van der Waals surface area contributed by atoms with Crippen LogP contribution in [0.3, 0.4) is 0 Å². The Labute approximate surface area is 94.5 Å². The first-order chi connectivity index (χ1) is 7.72. The van der Waals surface area contributed by atoms with E-state index in [1.807, 2.05) is 6.20 Å². The van der Waals surface area contributed by atoms with Crippen LogP contribution in [0, 0.1) is 0 Å². The molecule has 0 amide bonds. The summed E-state index contributed by atoms with van der Waals surface area (Å²) in [6.45, 7) is 0.366. The van der Waals surface area contributed by atoms with Crippen LogP contribution in [0.4, 0.5) is 0 Å². The van der Waals surface area contributed by atoms with Crippen molar-refractivity contribution in [3.63, 3.8) is 0 Å². The Morgan fingerprint density at radius 2 is 2.31 bits per heavy atom. The molecule has 16 heavy (non-hydrogen) atoms. The SMILES string of the molecule is NCC(CC(=O)O)c1cncc2c1CCC2. The minimum absolute atomic E-state index is 0.0919. The Morgan fingerprint density at radius 3 is 3.00 bits per heavy atom. The van der Waals surface area contributed by atoms with Gasteiger partial charge in [-0.25, -0.2) is 0 Å². The van der Waals surface area contributed by atoms with Gasteiger partial charge in [-0.2, -0.15) is 0 Å². The summed E-state index contributed by atoms with van der Waals surface area (Å²) in [5, 5.41) is 8.85. The van der Waals surface area contributed by atoms with E-state index in [0.717, 1.165) is 24.8 Å². The third-order valence-electron chi connectivity index (χ3n) is 3.20. The van der Waals surface area contributed by atoms with Gasteiger partial charge in [0.25, 0.3) is 0 Å². The zero-order valence-corrected chi connectivity index (χ0v) is 9.15. The van der Waals surface area contributed by atoms with Gasteiger partial charge in [0.05, 0.1) is 6.42 Å². The first kappa shape index (κ1) is 11.1. The van der Waals surface area contributed by atoms with Crippen molar-refractivity contribution in [1.29, 1.82) is 0 Å². The number of nitrogens with two attached hydrogens (primary N) is 1. The van der Waals surface area contributed by atoms with Gasteiger partial charge in [-0.15, -0.1) is 0 Å². The number of carbonyl (C=O) groups is 1. The molecule has 1 heterocycles. The molecule has 1 aromatic heterocycles. The van der Waals surface area contributed by atoms with E-state index < -0.39 is 5.97 Å². The van der Waals surface area contributed by atoms with Crippen molar-refractivity contribution in [3.05, 3.63) is 29.1 Å². The fraction of sp³-hybridized carbons (Fsp3) is 0.500. The molecule has 0 fully saturated rings. The number of nitrogens with zero attached hydrogens (tertiary/aromatic N) is 1. The Bertz CT molecular complexity index is 404. The fourth-order valence-electron chi connectivity index (χ4n) is 2.41. The minimum atomic E-state index is -0.800. The molecule has 0 aromatic carbocycles. The van der Waals surface area contributed by atoms with Gasteiger partial charge in [0.15, 0.2) is 0 Å². The lowest BCUT2D eigenvalue weighted by atomic mass is 9.92. The molecule has 2 rings (SSSR count). The molecule has 3 N–H and O–H groups in total. The molecule has 0 saturated carbocycles. The van der Waals surface area contributed by atoms with Crippen LogP contribution >= 0.6 is 0 Å². The second-order valence-electron chi connectivity index (χ2n) is 4.25. The van der Waals surface area contributed by atoms with E-state index in [0.29, 0.717) is 6.54 Å². The number of aliphatic carboxylic acids is 1. The number of pyridine rings is 1. The van der Waals surface area contributed by atoms with Gasteiger partial charge in [-0.05, 0) is 42.5 Å². The molecule has 0 bridgehead atoms. The van der Waals surface area contributed by atoms with Gasteiger partial charge in [0, 0.05) is 18.3 Å². The Hall–Kier alpha value is -1.42. The van der Waals surface area contributed by atoms with Gasteiger partial charge in [0.1, 0.15) is 0 Å². The Balaban J connectivity index is 2.31. The maximum atomic E-state index is 10.8. The zero-order valence-electron chi connectivity index (χ0n) is 9.15. The second-order valence-corrected chi connectivity index (χ2v) is 4.25. The number of carboxylic acids is 1. The number of aromatic nitrogens is 1. The van der Waals surface area contributed by atoms with Gasteiger partial charge >= 0.3 is 5.97 Å². The highest BCUT2D eigenvalue weighted by Crippen LogP contribution is 2.30. The lowest BCUT2D eigenvalue weighted by Crippen LogP contribution is -2.18. The van der Waals surface area contributed by atoms with Crippen LogP contribution in [0.1, 0.15) is 35.4 Å². The molecular weight excluding hydrogens is 204 g/mol. The van der Waals surface area contributed by atoms with E-state index in [2.05, 4.69) is 4.98 Å². The standard InChI is InChI=1S/C12H16N2O2/c13-5-9(4-12(15)16)11-7-14-6-8-2-1-3-10(8)11/h6-7,9H,1-5,13H2,(H,15,16). The van der Waals surface area contributed by atoms with Gasteiger partial charge in [-0.1, -0.05) is 0 Å². The molecule has 1 aliphatic rings. The largest absolute Gasteiger partial charge is 0.481 e. The van der Waals surface area contributed by atoms with E-state index in [4.69, 9.17) is 10.8 Å². The second kappa shape index (κ2) is 4.61. The molecule has 1 aliphatic carbocycles. The normalized spacial score (nSPS) is 15.8. The first-order valence-electron chi connectivity index (χ1n) is 5.60. The summed E-state index contributed by atoms with van der Waals surface area (Å²) in [6, 6.07) is 0. The van der Waals surface area contributed by atoms with Crippen molar-refractivity contribution >= 4 is 5.97 Å². The fourth-order valence-corrected chi connectivity index (χ4v) is 2.41. The van der Waals surface area contributed by atoms with Crippen LogP contribution in [-0.4, -0.2) is 22.6 Å². The molecule has 0 saturated heterocycles. The van der Waals surface area contributed by atoms with E-state index in [9.17, 15) is 4.79 Å². The molecule has 0 spiro atoms. The number of aryl methyl sites for hydroxylation is 1. The summed E-state index contributed by atoms with van der Waals surface area (Å²) >= 11 is 0. The van der Waals surface area contributed by atoms with Crippen LogP contribution in [-0.2, 0) is 17.6 Å². The maximum absolute atomic E-state index is 10.8. The van der Waals surface area contributed by atoms with Crippen LogP contribution < -0.4 is 5.73 Å². The third-order valence-corrected chi connectivity index (χ3v) is 3.20. The summed E-state index contributed by atoms with van der Waals surface area (Å²) in [6.07, 6.45) is 6.99. The number of hydrogen-bond acceptors (Lipinski definition) is 3. The molecule has 1 unspecified atom stereocenters. The molecule has 86 valence electrons. The molecule has 4 nitrogen and oxygen atoms in total. The summed E-state index contributed by atoms with van der Waals surface area (Å²) in [4.78, 5) is 15.0. The average Bonchev–Trinajstić information content (AvgIpc) is 2.73. The Morgan fingerprint density at radius 1 is 1.50 bits per heavy atom. The lowest BCUT2D eigenvalue weighted by molar-refractivity contribution is -0.137. The zero-order chi connectivity index (χ0) is 11.5. The van der Waals surface area contributed by atoms with Crippen molar-refractivity contribution in [2.24, 2.45) is 5.73 Å². The number of carboxylic acid groups (broad SMARTS) is 1. The first-order valence-corrected chi connectivity index (χ1v) is 5.60. The molecule has 0 aliphatic heterocycles. The molecule has 0 radical (unpaired) electrons. The summed E-state index contributed by atoms with van der Waals surface area (Å²) in [5.74, 6) is -0.899. The molecular formula is C12H16N2O2. The summed E-state index contributed by atoms with van der Waals surface area (Å²) in [7, 11) is 0. The lowest BCUT2D eigenvalue weighted by Gasteiger charge is -2.16. The van der Waals surface area contributed by atoms with Gasteiger partial charge in [0.2, 0.25) is 0 Å². The van der Waals surface area contributed by atoms with Crippen molar-refractivity contribution in [2.45, 2.75) is 31.6 Å². The van der Waals surface area contributed by atoms with Crippen LogP contribution in [0.5, 0.6) is 0 Å². The van der Waals surface area contributed by atoms with Crippen molar-refractivity contribution in [3.8, 4) is 0 Å². The van der Waals surface area contributed by atoms with E-state index in [1.54, 1.807) is 6.20 Å². The number of hydrogen-bond donors (Lipinski definition) is 2. The highest BCUT2D eigenvalue weighted by Gasteiger charge is 2.22. The number of fused-ring (bicyclic) bond motifs is 1. The topological polar surface area (TPSA) is 76.2 Å². The summed E-state index contributed by atoms with van der Waals surface area (Å²) in [5.41, 5.74) is 9.25. The van der Waals surface area contributed by atoms with Crippen LogP contribution in [0.2, 0.25) is 0 Å². The van der Waals surface area contributed by atoms with Gasteiger partial charge < -0.3 is 10.8 Å². The van der Waals surface area contributed by atoms with E-state index >= 15 is 0 Å². The summed E-state index contributed by atoms with van der Waals surface area (Å²) < 4.78 is 0. The van der Waals surface area contributed by atoms with Crippen LogP contribution in [0.25, 0.3) is 0 Å². The highest BCUT2D eigenvalue weighted by atomic mass is 16.4. The predicted octanol–water partition coefficient (Wildman–Crippen LogP) is 1.09. The highest BCUT2D eigenvalue weighted by molar-refractivity contribution is 5.68. The van der Waals surface area contributed by atoms with Crippen molar-refractivity contribution in [2.75, 3.05) is 6.54 Å². The average molecular weight is 220 g/mol. The third kappa shape index (κ3) is 2.07. The van der Waals surface area contributed by atoms with Crippen molar-refractivity contribution < 1.29 is 9.90 Å². The molecule has 1 atom stereocenters. The number of rotatable bonds is 4. The quantitative estimate of drug-likeness (QED) is 0.796. The minimum Gasteiger partial charge on any atom is -0.481 e. The maximum Gasteiger partial charge on any atom is 0.304 e. The Kier molecular flexibility index (Phi) is 3.19. The van der Waals surface area contributed by atoms with E-state index in [1.165, 1.54) is 11.1 Å². The van der Waals surface area contributed by atoms with E-state index in [-0.39, 0.29) is 12.3 Å². The monoisotopic (exact) mass is 220 g/mol. The molecule has 1 aromatic rings. The van der Waals surface area contributed by atoms with Crippen molar-refractivity contribution in [1.82, 2.24) is 4.98 Å². The van der Waals surface area contributed by atoms with Crippen LogP contribution in [0.15, 0.2) is 12.4 Å². The molecule has 4 heteroatoms. The van der Waals surface area contributed by atoms with Gasteiger partial charge in [-0.3, -0.25) is 9.78 Å². The smallest absolute Gasteiger partial charge is 0.304 e.